The largest absolute Gasteiger partial charge is 0.545 e. The van der Waals surface area contributed by atoms with Crippen LogP contribution in [0.5, 0.6) is 0 Å². The molecule has 0 bridgehead atoms. The van der Waals surface area contributed by atoms with Gasteiger partial charge in [-0.05, 0) is 116 Å². The third kappa shape index (κ3) is 72.5. The molecule has 0 radical (unpaired) electrons. The minimum atomic E-state index is -1.63. The zero-order chi connectivity index (χ0) is 66.1. The maximum absolute atomic E-state index is 13.0. The molecule has 518 valence electrons. The van der Waals surface area contributed by atoms with Crippen LogP contribution in [0.1, 0.15) is 296 Å². The highest BCUT2D eigenvalue weighted by atomic mass is 16.7. The summed E-state index contributed by atoms with van der Waals surface area (Å²) in [6.07, 6.45) is 101. The maximum atomic E-state index is 13.0. The van der Waals surface area contributed by atoms with Gasteiger partial charge in [-0.1, -0.05) is 314 Å². The number of quaternary nitrogens is 1. The van der Waals surface area contributed by atoms with Crippen LogP contribution in [0.3, 0.4) is 0 Å². The Morgan fingerprint density at radius 2 is 0.593 bits per heavy atom. The van der Waals surface area contributed by atoms with Crippen molar-refractivity contribution in [2.75, 3.05) is 47.5 Å². The summed E-state index contributed by atoms with van der Waals surface area (Å²) in [5.41, 5.74) is 0. The van der Waals surface area contributed by atoms with Gasteiger partial charge in [0.15, 0.2) is 12.4 Å². The number of likely N-dealkylation sites (N-methyl/N-ethyl adjacent to an activating group) is 1. The first-order chi connectivity index (χ1) is 44.6. The van der Waals surface area contributed by atoms with Crippen LogP contribution < -0.4 is 5.11 Å². The summed E-state index contributed by atoms with van der Waals surface area (Å²) in [6.45, 7) is 4.53. The van der Waals surface area contributed by atoms with Crippen molar-refractivity contribution in [3.05, 3.63) is 146 Å². The van der Waals surface area contributed by atoms with Crippen LogP contribution in [0.15, 0.2) is 146 Å². The molecule has 2 unspecified atom stereocenters. The Balaban J connectivity index is 4.11. The molecular formula is C82H137NO8. The first-order valence-corrected chi connectivity index (χ1v) is 37.0. The zero-order valence-corrected chi connectivity index (χ0v) is 59.2. The molecule has 0 aromatic carbocycles. The fourth-order valence-electron chi connectivity index (χ4n) is 10.0. The average molecular weight is 1260 g/mol. The molecule has 0 amide bonds. The van der Waals surface area contributed by atoms with Crippen LogP contribution in [-0.2, 0) is 33.3 Å². The highest BCUT2D eigenvalue weighted by molar-refractivity contribution is 5.70. The first-order valence-electron chi connectivity index (χ1n) is 37.0. The third-order valence-electron chi connectivity index (χ3n) is 15.6. The molecule has 0 aliphatic carbocycles. The van der Waals surface area contributed by atoms with E-state index in [1.807, 2.05) is 21.1 Å². The van der Waals surface area contributed by atoms with Crippen molar-refractivity contribution in [1.82, 2.24) is 0 Å². The second-order valence-corrected chi connectivity index (χ2v) is 25.5. The molecule has 0 N–H and O–H groups in total. The summed E-state index contributed by atoms with van der Waals surface area (Å²) in [5.74, 6) is -2.28. The SMILES string of the molecule is CC/C=C\C/C=C\C/C=C\C/C=C\C/C=C\C/C=C\CCCCCCCCCCCCCCCCCCC(=O)OC(COC(=O)CCCCCCCCCCCCCC/C=C\C/C=C\C/C=C\C/C=C\C/C=C\C/C=C\CC)COC(OCC[N+](C)(C)C)C(=O)[O-]. The summed E-state index contributed by atoms with van der Waals surface area (Å²) in [7, 11) is 5.93. The maximum Gasteiger partial charge on any atom is 0.306 e. The van der Waals surface area contributed by atoms with Crippen molar-refractivity contribution in [3.63, 3.8) is 0 Å². The highest BCUT2D eigenvalue weighted by Crippen LogP contribution is 2.17. The van der Waals surface area contributed by atoms with Crippen molar-refractivity contribution in [2.24, 2.45) is 0 Å². The fourth-order valence-corrected chi connectivity index (χ4v) is 10.0. The van der Waals surface area contributed by atoms with E-state index in [-0.39, 0.29) is 38.6 Å². The van der Waals surface area contributed by atoms with Crippen molar-refractivity contribution >= 4 is 17.9 Å². The Bertz CT molecular complexity index is 2010. The minimum absolute atomic E-state index is 0.142. The van der Waals surface area contributed by atoms with Gasteiger partial charge in [0.25, 0.3) is 0 Å². The van der Waals surface area contributed by atoms with Gasteiger partial charge in [-0.15, -0.1) is 0 Å². The van der Waals surface area contributed by atoms with Crippen molar-refractivity contribution in [1.29, 1.82) is 0 Å². The molecule has 0 spiro atoms. The second kappa shape index (κ2) is 71.0. The molecule has 0 aromatic heterocycles. The quantitative estimate of drug-likeness (QED) is 0.0195. The molecule has 0 rings (SSSR count). The number of carbonyl (C=O) groups is 3. The average Bonchev–Trinajstić information content (AvgIpc) is 3.46. The summed E-state index contributed by atoms with van der Waals surface area (Å²) >= 11 is 0. The summed E-state index contributed by atoms with van der Waals surface area (Å²) in [6, 6.07) is 0. The summed E-state index contributed by atoms with van der Waals surface area (Å²) in [5, 5.41) is 11.8. The molecule has 0 aliphatic heterocycles. The number of esters is 2. The number of carboxylic acids is 1. The van der Waals surface area contributed by atoms with E-state index >= 15 is 0 Å². The van der Waals surface area contributed by atoms with Gasteiger partial charge in [0, 0.05) is 12.8 Å². The van der Waals surface area contributed by atoms with Gasteiger partial charge in [-0.3, -0.25) is 9.59 Å². The van der Waals surface area contributed by atoms with E-state index in [0.717, 1.165) is 116 Å². The van der Waals surface area contributed by atoms with Gasteiger partial charge in [0.2, 0.25) is 0 Å². The lowest BCUT2D eigenvalue weighted by molar-refractivity contribution is -0.870. The van der Waals surface area contributed by atoms with Gasteiger partial charge < -0.3 is 33.3 Å². The number of nitrogens with zero attached hydrogens (tertiary/aromatic N) is 1. The van der Waals surface area contributed by atoms with Gasteiger partial charge in [-0.2, -0.15) is 0 Å². The van der Waals surface area contributed by atoms with Crippen LogP contribution in [-0.4, -0.2) is 82.3 Å². The lowest BCUT2D eigenvalue weighted by atomic mass is 10.0. The van der Waals surface area contributed by atoms with Crippen molar-refractivity contribution < 1.29 is 42.9 Å². The summed E-state index contributed by atoms with van der Waals surface area (Å²) < 4.78 is 22.8. The number of carbonyl (C=O) groups excluding carboxylic acids is 3. The van der Waals surface area contributed by atoms with Gasteiger partial charge >= 0.3 is 11.9 Å². The van der Waals surface area contributed by atoms with Crippen LogP contribution >= 0.6 is 0 Å². The summed E-state index contributed by atoms with van der Waals surface area (Å²) in [4.78, 5) is 37.6. The molecule has 0 aliphatic rings. The zero-order valence-electron chi connectivity index (χ0n) is 59.2. The molecule has 91 heavy (non-hydrogen) atoms. The van der Waals surface area contributed by atoms with Crippen LogP contribution in [0.2, 0.25) is 0 Å². The topological polar surface area (TPSA) is 111 Å². The molecule has 0 heterocycles. The Morgan fingerprint density at radius 3 is 0.879 bits per heavy atom. The molecule has 9 heteroatoms. The molecule has 0 fully saturated rings. The predicted octanol–water partition coefficient (Wildman–Crippen LogP) is 22.1. The van der Waals surface area contributed by atoms with Crippen LogP contribution in [0.4, 0.5) is 0 Å². The Hall–Kier alpha value is -4.83. The molecule has 0 saturated carbocycles. The van der Waals surface area contributed by atoms with E-state index in [0.29, 0.717) is 17.4 Å². The van der Waals surface area contributed by atoms with Gasteiger partial charge in [0.1, 0.15) is 13.2 Å². The van der Waals surface area contributed by atoms with Gasteiger partial charge in [-0.25, -0.2) is 0 Å². The normalized spacial score (nSPS) is 13.5. The lowest BCUT2D eigenvalue weighted by Gasteiger charge is -2.26. The molecule has 0 aromatic rings. The smallest absolute Gasteiger partial charge is 0.306 e. The standard InChI is InChI=1S/C82H137NO8/c1-6-8-10-12-14-16-18-20-22-24-26-28-30-32-34-36-38-39-40-41-43-45-47-49-51-53-55-57-59-61-63-65-67-69-71-73-80(85)91-78(77-90-82(81(86)87)88-75-74-83(3,4)5)76-89-79(84)72-70-68-66-64-62-60-58-56-54-52-50-48-46-44-42-37-35-33-31-29-27-25-23-21-19-17-15-13-11-9-7-2/h8-11,14-17,20-23,26-29,32-35,38-39,42,44,78,82H,6-7,12-13,18-19,24-25,30-31,36-37,40-41,43,45-77H2,1-5H3/b10-8-,11-9-,16-14-,17-15-,22-20-,23-21-,28-26-,29-27-,34-32-,35-33-,39-38-,44-42-. The molecule has 2 atom stereocenters. The number of rotatable bonds is 67. The number of carboxylic acid groups (broad SMARTS) is 1. The number of unbranched alkanes of at least 4 members (excludes halogenated alkanes) is 28. The lowest BCUT2D eigenvalue weighted by Crippen LogP contribution is -2.44. The number of ether oxygens (including phenoxy) is 4. The van der Waals surface area contributed by atoms with E-state index in [9.17, 15) is 19.5 Å². The molecule has 0 saturated heterocycles. The third-order valence-corrected chi connectivity index (χ3v) is 15.6. The van der Waals surface area contributed by atoms with E-state index in [1.165, 1.54) is 148 Å². The number of hydrogen-bond donors (Lipinski definition) is 0. The predicted molar refractivity (Wildman–Crippen MR) is 389 cm³/mol. The molecular weight excluding hydrogens is 1130 g/mol. The van der Waals surface area contributed by atoms with Gasteiger partial charge in [0.05, 0.1) is 40.3 Å². The number of hydrogen-bond acceptors (Lipinski definition) is 8. The van der Waals surface area contributed by atoms with Crippen LogP contribution in [0, 0.1) is 0 Å². The van der Waals surface area contributed by atoms with Crippen molar-refractivity contribution in [3.8, 4) is 0 Å². The number of allylic oxidation sites excluding steroid dienone is 24. The minimum Gasteiger partial charge on any atom is -0.545 e. The van der Waals surface area contributed by atoms with Crippen LogP contribution in [0.25, 0.3) is 0 Å². The highest BCUT2D eigenvalue weighted by Gasteiger charge is 2.22. The monoisotopic (exact) mass is 1260 g/mol. The number of aliphatic carboxylic acids is 1. The van der Waals surface area contributed by atoms with E-state index < -0.39 is 24.3 Å². The van der Waals surface area contributed by atoms with E-state index in [2.05, 4.69) is 160 Å². The Kier molecular flexibility index (Phi) is 67.3. The van der Waals surface area contributed by atoms with Crippen molar-refractivity contribution in [2.45, 2.75) is 309 Å². The van der Waals surface area contributed by atoms with E-state index in [1.54, 1.807) is 0 Å². The first kappa shape index (κ1) is 86.2. The Labute approximate surface area is 560 Å². The fraction of sp³-hybridized carbons (Fsp3) is 0.671. The molecule has 9 nitrogen and oxygen atoms in total. The second-order valence-electron chi connectivity index (χ2n) is 25.5. The van der Waals surface area contributed by atoms with E-state index in [4.69, 9.17) is 18.9 Å². The Morgan fingerprint density at radius 1 is 0.330 bits per heavy atom.